The minimum Gasteiger partial charge on any atom is -0.378 e. The number of amides is 1. The molecular weight excluding hydrogens is 252 g/mol. The minimum atomic E-state index is -0.178. The van der Waals surface area contributed by atoms with Crippen LogP contribution in [0.2, 0.25) is 0 Å². The molecule has 110 valence electrons. The van der Waals surface area contributed by atoms with Gasteiger partial charge in [0.2, 0.25) is 5.91 Å². The summed E-state index contributed by atoms with van der Waals surface area (Å²) in [5.74, 6) is 0.161. The van der Waals surface area contributed by atoms with Gasteiger partial charge in [-0.1, -0.05) is 24.3 Å². The Morgan fingerprint density at radius 3 is 2.55 bits per heavy atom. The quantitative estimate of drug-likeness (QED) is 0.913. The molecule has 1 aromatic rings. The Kier molecular flexibility index (Phi) is 5.15. The average molecular weight is 276 g/mol. The second kappa shape index (κ2) is 6.86. The normalized spacial score (nSPS) is 18.6. The number of carbonyl (C=O) groups is 1. The molecule has 0 radical (unpaired) electrons. The molecule has 0 spiro atoms. The largest absolute Gasteiger partial charge is 0.378 e. The van der Waals surface area contributed by atoms with Gasteiger partial charge in [-0.25, -0.2) is 0 Å². The molecule has 0 bridgehead atoms. The van der Waals surface area contributed by atoms with E-state index in [1.54, 1.807) is 0 Å². The summed E-state index contributed by atoms with van der Waals surface area (Å²) < 4.78 is 5.28. The zero-order valence-electron chi connectivity index (χ0n) is 12.6. The van der Waals surface area contributed by atoms with Gasteiger partial charge in [0, 0.05) is 19.1 Å². The van der Waals surface area contributed by atoms with Crippen molar-refractivity contribution in [2.24, 2.45) is 0 Å². The highest BCUT2D eigenvalue weighted by Crippen LogP contribution is 2.17. The van der Waals surface area contributed by atoms with E-state index in [4.69, 9.17) is 4.74 Å². The van der Waals surface area contributed by atoms with Gasteiger partial charge < -0.3 is 9.64 Å². The Bertz CT molecular complexity index is 456. The van der Waals surface area contributed by atoms with Crippen LogP contribution < -0.4 is 5.32 Å². The van der Waals surface area contributed by atoms with Crippen molar-refractivity contribution in [3.63, 3.8) is 0 Å². The zero-order valence-corrected chi connectivity index (χ0v) is 12.6. The van der Waals surface area contributed by atoms with Crippen molar-refractivity contribution in [2.75, 3.05) is 26.3 Å². The highest BCUT2D eigenvalue weighted by molar-refractivity contribution is 5.81. The fourth-order valence-corrected chi connectivity index (χ4v) is 2.67. The van der Waals surface area contributed by atoms with Gasteiger partial charge in [0.1, 0.15) is 0 Å². The summed E-state index contributed by atoms with van der Waals surface area (Å²) in [7, 11) is 0. The van der Waals surface area contributed by atoms with Crippen molar-refractivity contribution in [3.05, 3.63) is 35.4 Å². The molecule has 1 N–H and O–H groups in total. The standard InChI is InChI=1S/C16H24N2O2/c1-12-6-4-5-7-15(12)13(2)17-14(3)16(19)18-8-10-20-11-9-18/h4-7,13-14,17H,8-11H2,1-3H3/t13-,14+/m0/s1. The molecule has 1 heterocycles. The molecule has 20 heavy (non-hydrogen) atoms. The van der Waals surface area contributed by atoms with Crippen molar-refractivity contribution in [1.29, 1.82) is 0 Å². The summed E-state index contributed by atoms with van der Waals surface area (Å²) in [6, 6.07) is 8.27. The molecule has 0 aromatic heterocycles. The maximum absolute atomic E-state index is 12.4. The van der Waals surface area contributed by atoms with Crippen LogP contribution in [0.4, 0.5) is 0 Å². The van der Waals surface area contributed by atoms with E-state index in [0.29, 0.717) is 26.3 Å². The molecule has 0 aliphatic carbocycles. The van der Waals surface area contributed by atoms with E-state index in [2.05, 4.69) is 31.3 Å². The maximum atomic E-state index is 12.4. The molecule has 4 heteroatoms. The van der Waals surface area contributed by atoms with Crippen LogP contribution in [-0.4, -0.2) is 43.2 Å². The number of hydrogen-bond acceptors (Lipinski definition) is 3. The summed E-state index contributed by atoms with van der Waals surface area (Å²) in [5, 5.41) is 3.40. The lowest BCUT2D eigenvalue weighted by Gasteiger charge is -2.30. The molecule has 1 fully saturated rings. The van der Waals surface area contributed by atoms with Crippen molar-refractivity contribution >= 4 is 5.91 Å². The molecule has 0 unspecified atom stereocenters. The smallest absolute Gasteiger partial charge is 0.239 e. The third-order valence-electron chi connectivity index (χ3n) is 3.85. The van der Waals surface area contributed by atoms with Crippen molar-refractivity contribution < 1.29 is 9.53 Å². The van der Waals surface area contributed by atoms with Crippen LogP contribution in [0, 0.1) is 6.92 Å². The second-order valence-electron chi connectivity index (χ2n) is 5.40. The highest BCUT2D eigenvalue weighted by atomic mass is 16.5. The van der Waals surface area contributed by atoms with Gasteiger partial charge in [-0.15, -0.1) is 0 Å². The van der Waals surface area contributed by atoms with Gasteiger partial charge in [-0.2, -0.15) is 0 Å². The first-order valence-corrected chi connectivity index (χ1v) is 7.27. The molecule has 4 nitrogen and oxygen atoms in total. The van der Waals surface area contributed by atoms with E-state index < -0.39 is 0 Å². The molecule has 0 saturated carbocycles. The number of benzene rings is 1. The van der Waals surface area contributed by atoms with Crippen LogP contribution in [0.1, 0.15) is 31.0 Å². The summed E-state index contributed by atoms with van der Waals surface area (Å²) >= 11 is 0. The van der Waals surface area contributed by atoms with Crippen molar-refractivity contribution in [1.82, 2.24) is 10.2 Å². The zero-order chi connectivity index (χ0) is 14.5. The molecule has 2 atom stereocenters. The van der Waals surface area contributed by atoms with Gasteiger partial charge in [-0.05, 0) is 31.9 Å². The second-order valence-corrected chi connectivity index (χ2v) is 5.40. The first-order valence-electron chi connectivity index (χ1n) is 7.27. The third-order valence-corrected chi connectivity index (χ3v) is 3.85. The van der Waals surface area contributed by atoms with E-state index in [1.165, 1.54) is 11.1 Å². The fraction of sp³-hybridized carbons (Fsp3) is 0.562. The van der Waals surface area contributed by atoms with Crippen LogP contribution in [0.3, 0.4) is 0 Å². The van der Waals surface area contributed by atoms with Gasteiger partial charge in [0.25, 0.3) is 0 Å². The topological polar surface area (TPSA) is 41.6 Å². The molecule has 1 aromatic carbocycles. The van der Waals surface area contributed by atoms with E-state index >= 15 is 0 Å². The molecule has 1 amide bonds. The summed E-state index contributed by atoms with van der Waals surface area (Å²) in [6.07, 6.45) is 0. The summed E-state index contributed by atoms with van der Waals surface area (Å²) in [6.45, 7) is 8.82. The number of carbonyl (C=O) groups excluding carboxylic acids is 1. The van der Waals surface area contributed by atoms with Gasteiger partial charge in [0.05, 0.1) is 19.3 Å². The lowest BCUT2D eigenvalue weighted by molar-refractivity contribution is -0.137. The monoisotopic (exact) mass is 276 g/mol. The highest BCUT2D eigenvalue weighted by Gasteiger charge is 2.23. The Hall–Kier alpha value is -1.39. The third kappa shape index (κ3) is 3.58. The molecule has 2 rings (SSSR count). The Balaban J connectivity index is 1.95. The molecule has 1 aliphatic rings. The number of hydrogen-bond donors (Lipinski definition) is 1. The van der Waals surface area contributed by atoms with Crippen molar-refractivity contribution in [2.45, 2.75) is 32.9 Å². The van der Waals surface area contributed by atoms with Gasteiger partial charge in [0.15, 0.2) is 0 Å². The van der Waals surface area contributed by atoms with Crippen LogP contribution >= 0.6 is 0 Å². The number of aryl methyl sites for hydroxylation is 1. The number of nitrogens with one attached hydrogen (secondary N) is 1. The lowest BCUT2D eigenvalue weighted by atomic mass is 10.0. The average Bonchev–Trinajstić information content (AvgIpc) is 2.47. The first kappa shape index (κ1) is 15.0. The van der Waals surface area contributed by atoms with Crippen LogP contribution in [0.15, 0.2) is 24.3 Å². The molecule has 1 saturated heterocycles. The number of morpholine rings is 1. The molecular formula is C16H24N2O2. The Labute approximate surface area is 121 Å². The predicted octanol–water partition coefficient (Wildman–Crippen LogP) is 1.89. The number of ether oxygens (including phenoxy) is 1. The number of rotatable bonds is 4. The lowest BCUT2D eigenvalue weighted by Crippen LogP contribution is -2.49. The van der Waals surface area contributed by atoms with Crippen LogP contribution in [0.25, 0.3) is 0 Å². The minimum absolute atomic E-state index is 0.161. The maximum Gasteiger partial charge on any atom is 0.239 e. The summed E-state index contributed by atoms with van der Waals surface area (Å²) in [5.41, 5.74) is 2.49. The van der Waals surface area contributed by atoms with Crippen LogP contribution in [0.5, 0.6) is 0 Å². The predicted molar refractivity (Wildman–Crippen MR) is 79.6 cm³/mol. The van der Waals surface area contributed by atoms with E-state index in [9.17, 15) is 4.79 Å². The summed E-state index contributed by atoms with van der Waals surface area (Å²) in [4.78, 5) is 14.2. The van der Waals surface area contributed by atoms with E-state index in [1.807, 2.05) is 24.0 Å². The Morgan fingerprint density at radius 1 is 1.25 bits per heavy atom. The number of nitrogens with zero attached hydrogens (tertiary/aromatic N) is 1. The fourth-order valence-electron chi connectivity index (χ4n) is 2.67. The SMILES string of the molecule is Cc1ccccc1[C@H](C)N[C@H](C)C(=O)N1CCOCC1. The Morgan fingerprint density at radius 2 is 1.90 bits per heavy atom. The van der Waals surface area contributed by atoms with Gasteiger partial charge >= 0.3 is 0 Å². The van der Waals surface area contributed by atoms with E-state index in [-0.39, 0.29) is 18.0 Å². The first-order chi connectivity index (χ1) is 9.59. The van der Waals surface area contributed by atoms with Crippen molar-refractivity contribution in [3.8, 4) is 0 Å². The van der Waals surface area contributed by atoms with E-state index in [0.717, 1.165) is 0 Å². The van der Waals surface area contributed by atoms with Gasteiger partial charge in [-0.3, -0.25) is 10.1 Å². The van der Waals surface area contributed by atoms with Crippen LogP contribution in [-0.2, 0) is 9.53 Å². The molecule has 1 aliphatic heterocycles.